The number of alkyl halides is 3. The van der Waals surface area contributed by atoms with Gasteiger partial charge in [-0.1, -0.05) is 0 Å². The van der Waals surface area contributed by atoms with Gasteiger partial charge in [0.1, 0.15) is 17.3 Å². The zero-order valence-corrected chi connectivity index (χ0v) is 16.2. The van der Waals surface area contributed by atoms with Gasteiger partial charge in [-0.15, -0.1) is 13.2 Å². The van der Waals surface area contributed by atoms with E-state index < -0.39 is 12.3 Å². The molecule has 0 aliphatic carbocycles. The summed E-state index contributed by atoms with van der Waals surface area (Å²) in [6.45, 7) is 2.08. The van der Waals surface area contributed by atoms with Crippen LogP contribution in [-0.4, -0.2) is 55.2 Å². The van der Waals surface area contributed by atoms with Crippen LogP contribution in [0.2, 0.25) is 0 Å². The number of carbonyl (C=O) groups excluding carboxylic acids is 2. The van der Waals surface area contributed by atoms with Crippen molar-refractivity contribution < 1.29 is 31.9 Å². The van der Waals surface area contributed by atoms with E-state index in [4.69, 9.17) is 4.42 Å². The maximum Gasteiger partial charge on any atom is 0.573 e. The number of amides is 2. The van der Waals surface area contributed by atoms with E-state index in [0.29, 0.717) is 18.0 Å². The lowest BCUT2D eigenvalue weighted by Gasteiger charge is -2.21. The van der Waals surface area contributed by atoms with Crippen LogP contribution in [0.25, 0.3) is 0 Å². The molecule has 2 rings (SSSR count). The van der Waals surface area contributed by atoms with E-state index in [1.165, 1.54) is 21.9 Å². The SMILES string of the molecule is Cc1ccc(CN(C)C(=O)CN(C)CC(=O)Nc2ccc(OC(F)(F)F)cc2)o1. The molecule has 7 nitrogen and oxygen atoms in total. The maximum atomic E-state index is 12.3. The van der Waals surface area contributed by atoms with Gasteiger partial charge in [-0.25, -0.2) is 0 Å². The quantitative estimate of drug-likeness (QED) is 0.720. The second kappa shape index (κ2) is 9.46. The summed E-state index contributed by atoms with van der Waals surface area (Å²) < 4.78 is 45.6. The summed E-state index contributed by atoms with van der Waals surface area (Å²) in [6, 6.07) is 8.39. The van der Waals surface area contributed by atoms with Crippen LogP contribution in [0.4, 0.5) is 18.9 Å². The van der Waals surface area contributed by atoms with Crippen LogP contribution < -0.4 is 10.1 Å². The fourth-order valence-electron chi connectivity index (χ4n) is 2.49. The first-order valence-corrected chi connectivity index (χ1v) is 8.65. The first-order valence-electron chi connectivity index (χ1n) is 8.65. The highest BCUT2D eigenvalue weighted by Gasteiger charge is 2.31. The summed E-state index contributed by atoms with van der Waals surface area (Å²) in [4.78, 5) is 27.4. The number of nitrogens with zero attached hydrogens (tertiary/aromatic N) is 2. The van der Waals surface area contributed by atoms with Crippen LogP contribution in [0.1, 0.15) is 11.5 Å². The Kier molecular flexibility index (Phi) is 7.27. The molecule has 158 valence electrons. The maximum absolute atomic E-state index is 12.3. The number of aryl methyl sites for hydroxylation is 1. The van der Waals surface area contributed by atoms with E-state index in [2.05, 4.69) is 10.1 Å². The fourth-order valence-corrected chi connectivity index (χ4v) is 2.49. The van der Waals surface area contributed by atoms with Crippen LogP contribution in [0.3, 0.4) is 0 Å². The zero-order chi connectivity index (χ0) is 21.6. The number of hydrogen-bond donors (Lipinski definition) is 1. The summed E-state index contributed by atoms with van der Waals surface area (Å²) in [5.41, 5.74) is 0.314. The van der Waals surface area contributed by atoms with Gasteiger partial charge in [-0.3, -0.25) is 14.5 Å². The Hall–Kier alpha value is -3.01. The molecule has 0 fully saturated rings. The third-order valence-corrected chi connectivity index (χ3v) is 3.81. The van der Waals surface area contributed by atoms with Crippen molar-refractivity contribution in [2.24, 2.45) is 0 Å². The second-order valence-electron chi connectivity index (χ2n) is 6.55. The second-order valence-corrected chi connectivity index (χ2v) is 6.55. The van der Waals surface area contributed by atoms with Gasteiger partial charge in [-0.05, 0) is 50.4 Å². The van der Waals surface area contributed by atoms with Crippen LogP contribution >= 0.6 is 0 Å². The van der Waals surface area contributed by atoms with Gasteiger partial charge in [0.05, 0.1) is 19.6 Å². The molecule has 29 heavy (non-hydrogen) atoms. The minimum absolute atomic E-state index is 0.0158. The van der Waals surface area contributed by atoms with Gasteiger partial charge >= 0.3 is 6.36 Å². The van der Waals surface area contributed by atoms with Gasteiger partial charge in [0.25, 0.3) is 0 Å². The minimum Gasteiger partial charge on any atom is -0.464 e. The average molecular weight is 413 g/mol. The van der Waals surface area contributed by atoms with Crippen molar-refractivity contribution in [1.82, 2.24) is 9.80 Å². The van der Waals surface area contributed by atoms with Crippen LogP contribution in [0.15, 0.2) is 40.8 Å². The number of rotatable bonds is 8. The Morgan fingerprint density at radius 3 is 2.28 bits per heavy atom. The first kappa shape index (κ1) is 22.3. The molecule has 2 amide bonds. The monoisotopic (exact) mass is 413 g/mol. The summed E-state index contributed by atoms with van der Waals surface area (Å²) in [6.07, 6.45) is -4.77. The van der Waals surface area contributed by atoms with Crippen molar-refractivity contribution in [1.29, 1.82) is 0 Å². The number of halogens is 3. The summed E-state index contributed by atoms with van der Waals surface area (Å²) >= 11 is 0. The topological polar surface area (TPSA) is 75.0 Å². The molecular weight excluding hydrogens is 391 g/mol. The van der Waals surface area contributed by atoms with Gasteiger partial charge in [0.15, 0.2) is 0 Å². The predicted molar refractivity (Wildman–Crippen MR) is 99.2 cm³/mol. The lowest BCUT2D eigenvalue weighted by molar-refractivity contribution is -0.274. The Morgan fingerprint density at radius 1 is 1.07 bits per heavy atom. The lowest BCUT2D eigenvalue weighted by Crippen LogP contribution is -2.39. The van der Waals surface area contributed by atoms with Gasteiger partial charge in [0.2, 0.25) is 11.8 Å². The normalized spacial score (nSPS) is 11.4. The number of anilines is 1. The molecule has 10 heteroatoms. The highest BCUT2D eigenvalue weighted by atomic mass is 19.4. The fraction of sp³-hybridized carbons (Fsp3) is 0.368. The standard InChI is InChI=1S/C19H22F3N3O4/c1-13-4-7-16(28-13)10-25(3)18(27)12-24(2)11-17(26)23-14-5-8-15(9-6-14)29-19(20,21)22/h4-9H,10-12H2,1-3H3,(H,23,26). The molecule has 0 aliphatic rings. The predicted octanol–water partition coefficient (Wildman–Crippen LogP) is 3.02. The molecule has 0 atom stereocenters. The van der Waals surface area contributed by atoms with E-state index in [-0.39, 0.29) is 24.7 Å². The molecule has 0 bridgehead atoms. The summed E-state index contributed by atoms with van der Waals surface area (Å²) in [5.74, 6) is 0.439. The molecule has 0 spiro atoms. The minimum atomic E-state index is -4.77. The van der Waals surface area contributed by atoms with E-state index in [1.54, 1.807) is 20.2 Å². The van der Waals surface area contributed by atoms with Crippen LogP contribution in [-0.2, 0) is 16.1 Å². The molecule has 0 aliphatic heterocycles. The number of benzene rings is 1. The highest BCUT2D eigenvalue weighted by Crippen LogP contribution is 2.23. The van der Waals surface area contributed by atoms with Crippen molar-refractivity contribution in [2.75, 3.05) is 32.5 Å². The molecule has 0 saturated heterocycles. The van der Waals surface area contributed by atoms with Crippen molar-refractivity contribution >= 4 is 17.5 Å². The van der Waals surface area contributed by atoms with E-state index in [9.17, 15) is 22.8 Å². The Labute approximate surface area is 166 Å². The molecule has 1 N–H and O–H groups in total. The number of furan rings is 1. The van der Waals surface area contributed by atoms with Gasteiger partial charge in [0, 0.05) is 12.7 Å². The van der Waals surface area contributed by atoms with E-state index in [0.717, 1.165) is 17.9 Å². The Balaban J connectivity index is 1.78. The van der Waals surface area contributed by atoms with Gasteiger partial charge in [-0.2, -0.15) is 0 Å². The summed E-state index contributed by atoms with van der Waals surface area (Å²) in [5, 5.41) is 2.55. The van der Waals surface area contributed by atoms with Gasteiger partial charge < -0.3 is 19.4 Å². The molecular formula is C19H22F3N3O4. The van der Waals surface area contributed by atoms with Crippen molar-refractivity contribution in [3.8, 4) is 5.75 Å². The highest BCUT2D eigenvalue weighted by molar-refractivity contribution is 5.92. The zero-order valence-electron chi connectivity index (χ0n) is 16.2. The molecule has 1 aromatic heterocycles. The third kappa shape index (κ3) is 7.86. The number of likely N-dealkylation sites (N-methyl/N-ethyl adjacent to an activating group) is 2. The molecule has 1 heterocycles. The van der Waals surface area contributed by atoms with Crippen molar-refractivity contribution in [3.05, 3.63) is 47.9 Å². The molecule has 2 aromatic rings. The number of hydrogen-bond acceptors (Lipinski definition) is 5. The molecule has 1 aromatic carbocycles. The molecule has 0 saturated carbocycles. The number of carbonyl (C=O) groups is 2. The number of nitrogens with one attached hydrogen (secondary N) is 1. The van der Waals surface area contributed by atoms with E-state index >= 15 is 0 Å². The summed E-state index contributed by atoms with van der Waals surface area (Å²) in [7, 11) is 3.25. The smallest absolute Gasteiger partial charge is 0.464 e. The first-order chi connectivity index (χ1) is 13.5. The van der Waals surface area contributed by atoms with Crippen molar-refractivity contribution in [3.63, 3.8) is 0 Å². The average Bonchev–Trinajstić information content (AvgIpc) is 2.99. The Bertz CT molecular complexity index is 834. The molecule has 0 unspecified atom stereocenters. The van der Waals surface area contributed by atoms with Crippen molar-refractivity contribution in [2.45, 2.75) is 19.8 Å². The molecule has 0 radical (unpaired) electrons. The number of ether oxygens (including phenoxy) is 1. The van der Waals surface area contributed by atoms with Crippen LogP contribution in [0, 0.1) is 6.92 Å². The van der Waals surface area contributed by atoms with Crippen LogP contribution in [0.5, 0.6) is 5.75 Å². The Morgan fingerprint density at radius 2 is 1.72 bits per heavy atom. The third-order valence-electron chi connectivity index (χ3n) is 3.81. The lowest BCUT2D eigenvalue weighted by atomic mass is 10.3. The largest absolute Gasteiger partial charge is 0.573 e. The van der Waals surface area contributed by atoms with E-state index in [1.807, 2.05) is 13.0 Å².